The van der Waals surface area contributed by atoms with Gasteiger partial charge in [-0.2, -0.15) is 0 Å². The van der Waals surface area contributed by atoms with Gasteiger partial charge >= 0.3 is 0 Å². The number of nitrogens with zero attached hydrogens (tertiary/aromatic N) is 3. The fourth-order valence-electron chi connectivity index (χ4n) is 2.81. The Balaban J connectivity index is 1.37. The first-order chi connectivity index (χ1) is 12.1. The summed E-state index contributed by atoms with van der Waals surface area (Å²) >= 11 is 1.47. The summed E-state index contributed by atoms with van der Waals surface area (Å²) in [6.45, 7) is 2.28. The van der Waals surface area contributed by atoms with E-state index in [1.165, 1.54) is 49.6 Å². The van der Waals surface area contributed by atoms with E-state index in [-0.39, 0.29) is 17.0 Å². The van der Waals surface area contributed by atoms with Gasteiger partial charge in [0.15, 0.2) is 5.16 Å². The van der Waals surface area contributed by atoms with Crippen LogP contribution in [0.4, 0.5) is 4.39 Å². The quantitative estimate of drug-likeness (QED) is 0.769. The highest BCUT2D eigenvalue weighted by molar-refractivity contribution is 8.00. The fraction of sp³-hybridized carbons (Fsp3) is 0.500. The number of benzene rings is 1. The molecule has 0 bridgehead atoms. The highest BCUT2D eigenvalue weighted by Crippen LogP contribution is 2.46. The van der Waals surface area contributed by atoms with Crippen LogP contribution in [0.1, 0.15) is 56.0 Å². The molecule has 0 spiro atoms. The highest BCUT2D eigenvalue weighted by Gasteiger charge is 2.37. The van der Waals surface area contributed by atoms with Crippen LogP contribution in [-0.4, -0.2) is 25.9 Å². The third-order valence-corrected chi connectivity index (χ3v) is 5.63. The molecule has 1 aromatic heterocycles. The molecule has 1 aromatic carbocycles. The first-order valence-corrected chi connectivity index (χ1v) is 9.63. The van der Waals surface area contributed by atoms with E-state index in [0.717, 1.165) is 16.5 Å². The number of aromatic nitrogens is 3. The van der Waals surface area contributed by atoms with Crippen LogP contribution >= 0.6 is 11.8 Å². The molecule has 4 rings (SSSR count). The van der Waals surface area contributed by atoms with E-state index in [1.54, 1.807) is 12.1 Å². The molecule has 0 saturated heterocycles. The number of carbonyl (C=O) groups excluding carboxylic acids is 1. The number of nitrogens with one attached hydrogen (secondary N) is 1. The van der Waals surface area contributed by atoms with Crippen molar-refractivity contribution in [1.29, 1.82) is 0 Å². The lowest BCUT2D eigenvalue weighted by molar-refractivity contribution is -0.120. The number of rotatable bonds is 7. The van der Waals surface area contributed by atoms with Crippen molar-refractivity contribution in [2.75, 3.05) is 0 Å². The van der Waals surface area contributed by atoms with Gasteiger partial charge in [-0.05, 0) is 50.3 Å². The molecule has 2 aliphatic rings. The lowest BCUT2D eigenvalue weighted by Crippen LogP contribution is -2.30. The molecule has 2 fully saturated rings. The Morgan fingerprint density at radius 2 is 2.00 bits per heavy atom. The lowest BCUT2D eigenvalue weighted by atomic mass is 10.2. The molecule has 2 saturated carbocycles. The second-order valence-electron chi connectivity index (χ2n) is 6.82. The van der Waals surface area contributed by atoms with E-state index in [4.69, 9.17) is 0 Å². The molecular formula is C18H21FN4OS. The van der Waals surface area contributed by atoms with Crippen LogP contribution in [0.15, 0.2) is 29.4 Å². The number of thioether (sulfide) groups is 1. The van der Waals surface area contributed by atoms with Crippen LogP contribution in [0.2, 0.25) is 0 Å². The van der Waals surface area contributed by atoms with E-state index in [9.17, 15) is 9.18 Å². The standard InChI is InChI=1S/C18H21FN4OS/c1-11(17(24)20-10-12-2-6-14(19)7-3-12)25-18-22-21-16(13-4-5-13)23(18)15-8-9-15/h2-3,6-7,11,13,15H,4-5,8-10H2,1H3,(H,20,24)/t11-/m0/s1. The average Bonchev–Trinajstić information content (AvgIpc) is 3.53. The van der Waals surface area contributed by atoms with Crippen molar-refractivity contribution in [2.45, 2.75) is 61.5 Å². The third-order valence-electron chi connectivity index (χ3n) is 4.58. The molecule has 0 radical (unpaired) electrons. The molecule has 1 N–H and O–H groups in total. The zero-order valence-corrected chi connectivity index (χ0v) is 14.9. The largest absolute Gasteiger partial charge is 0.351 e. The van der Waals surface area contributed by atoms with Crippen LogP contribution in [0.5, 0.6) is 0 Å². The minimum Gasteiger partial charge on any atom is -0.351 e. The van der Waals surface area contributed by atoms with Crippen LogP contribution in [-0.2, 0) is 11.3 Å². The molecule has 7 heteroatoms. The summed E-state index contributed by atoms with van der Waals surface area (Å²) < 4.78 is 15.2. The molecule has 132 valence electrons. The molecule has 2 aromatic rings. The average molecular weight is 360 g/mol. The molecule has 1 atom stereocenters. The summed E-state index contributed by atoms with van der Waals surface area (Å²) in [5.41, 5.74) is 0.879. The van der Waals surface area contributed by atoms with E-state index in [2.05, 4.69) is 20.1 Å². The number of halogens is 1. The molecule has 0 aliphatic heterocycles. The highest BCUT2D eigenvalue weighted by atomic mass is 32.2. The summed E-state index contributed by atoms with van der Waals surface area (Å²) in [5.74, 6) is 1.34. The minimum absolute atomic E-state index is 0.0485. The van der Waals surface area contributed by atoms with Crippen molar-refractivity contribution in [2.24, 2.45) is 0 Å². The van der Waals surface area contributed by atoms with Crippen LogP contribution in [0.25, 0.3) is 0 Å². The van der Waals surface area contributed by atoms with E-state index < -0.39 is 0 Å². The van der Waals surface area contributed by atoms with Gasteiger partial charge in [-0.15, -0.1) is 10.2 Å². The molecule has 1 amide bonds. The van der Waals surface area contributed by atoms with Gasteiger partial charge in [0.1, 0.15) is 11.6 Å². The first-order valence-electron chi connectivity index (χ1n) is 8.75. The van der Waals surface area contributed by atoms with Crippen LogP contribution in [0, 0.1) is 5.82 Å². The molecule has 5 nitrogen and oxygen atoms in total. The summed E-state index contributed by atoms with van der Waals surface area (Å²) in [6, 6.07) is 6.68. The second kappa shape index (κ2) is 6.78. The lowest BCUT2D eigenvalue weighted by Gasteiger charge is -2.13. The van der Waals surface area contributed by atoms with Crippen molar-refractivity contribution >= 4 is 17.7 Å². The predicted octanol–water partition coefficient (Wildman–Crippen LogP) is 3.43. The Hall–Kier alpha value is -1.89. The smallest absolute Gasteiger partial charge is 0.233 e. The van der Waals surface area contributed by atoms with Crippen molar-refractivity contribution < 1.29 is 9.18 Å². The Morgan fingerprint density at radius 3 is 2.64 bits per heavy atom. The molecule has 2 aliphatic carbocycles. The van der Waals surface area contributed by atoms with Gasteiger partial charge < -0.3 is 9.88 Å². The van der Waals surface area contributed by atoms with Gasteiger partial charge in [-0.3, -0.25) is 4.79 Å². The van der Waals surface area contributed by atoms with Gasteiger partial charge in [0.25, 0.3) is 0 Å². The van der Waals surface area contributed by atoms with Gasteiger partial charge in [-0.25, -0.2) is 4.39 Å². The summed E-state index contributed by atoms with van der Waals surface area (Å²) in [4.78, 5) is 12.4. The van der Waals surface area contributed by atoms with Gasteiger partial charge in [-0.1, -0.05) is 23.9 Å². The monoisotopic (exact) mass is 360 g/mol. The van der Waals surface area contributed by atoms with E-state index in [0.29, 0.717) is 18.5 Å². The molecule has 25 heavy (non-hydrogen) atoms. The fourth-order valence-corrected chi connectivity index (χ4v) is 3.76. The maximum absolute atomic E-state index is 12.9. The minimum atomic E-state index is -0.273. The number of amides is 1. The zero-order chi connectivity index (χ0) is 17.4. The first kappa shape index (κ1) is 16.6. The van der Waals surface area contributed by atoms with E-state index in [1.807, 2.05) is 6.92 Å². The maximum atomic E-state index is 12.9. The Labute approximate surface area is 150 Å². The Kier molecular flexibility index (Phi) is 4.50. The topological polar surface area (TPSA) is 59.8 Å². The summed E-state index contributed by atoms with van der Waals surface area (Å²) in [5, 5.41) is 12.2. The van der Waals surface area contributed by atoms with Crippen LogP contribution in [0.3, 0.4) is 0 Å². The molecule has 0 unspecified atom stereocenters. The van der Waals surface area contributed by atoms with Gasteiger partial charge in [0.2, 0.25) is 5.91 Å². The molecular weight excluding hydrogens is 339 g/mol. The number of hydrogen-bond acceptors (Lipinski definition) is 4. The third kappa shape index (κ3) is 3.86. The number of hydrogen-bond donors (Lipinski definition) is 1. The van der Waals surface area contributed by atoms with Crippen LogP contribution < -0.4 is 5.32 Å². The SMILES string of the molecule is C[C@H](Sc1nnc(C2CC2)n1C1CC1)C(=O)NCc1ccc(F)cc1. The summed E-state index contributed by atoms with van der Waals surface area (Å²) in [6.07, 6.45) is 4.75. The van der Waals surface area contributed by atoms with Crippen molar-refractivity contribution in [1.82, 2.24) is 20.1 Å². The summed E-state index contributed by atoms with van der Waals surface area (Å²) in [7, 11) is 0. The van der Waals surface area contributed by atoms with Gasteiger partial charge in [0, 0.05) is 18.5 Å². The number of carbonyl (C=O) groups is 1. The Bertz CT molecular complexity index is 768. The maximum Gasteiger partial charge on any atom is 0.233 e. The van der Waals surface area contributed by atoms with Gasteiger partial charge in [0.05, 0.1) is 5.25 Å². The zero-order valence-electron chi connectivity index (χ0n) is 14.1. The second-order valence-corrected chi connectivity index (χ2v) is 8.13. The van der Waals surface area contributed by atoms with Crippen molar-refractivity contribution in [3.63, 3.8) is 0 Å². The predicted molar refractivity (Wildman–Crippen MR) is 93.8 cm³/mol. The van der Waals surface area contributed by atoms with Crippen molar-refractivity contribution in [3.8, 4) is 0 Å². The molecule has 1 heterocycles. The van der Waals surface area contributed by atoms with E-state index >= 15 is 0 Å². The normalized spacial score (nSPS) is 18.2. The van der Waals surface area contributed by atoms with Crippen molar-refractivity contribution in [3.05, 3.63) is 41.5 Å². The Morgan fingerprint density at radius 1 is 1.28 bits per heavy atom.